The van der Waals surface area contributed by atoms with Crippen LogP contribution >= 0.6 is 10.6 Å². The SMILES string of the molecule is COC(=O)CC(c1ccc(OCc2ccc3c(c2)-c2ccc(OCC4CCS(O)(O)CC4)cc2CCC3)cc1)c1cc(C)no1. The molecule has 1 saturated heterocycles. The van der Waals surface area contributed by atoms with Gasteiger partial charge in [0.2, 0.25) is 0 Å². The third kappa shape index (κ3) is 7.72. The summed E-state index contributed by atoms with van der Waals surface area (Å²) in [5, 5.41) is 3.99. The number of esters is 1. The summed E-state index contributed by atoms with van der Waals surface area (Å²) in [4.78, 5) is 12.1. The zero-order valence-corrected chi connectivity index (χ0v) is 26.7. The number of aromatic nitrogens is 1. The summed E-state index contributed by atoms with van der Waals surface area (Å²) in [7, 11) is -0.985. The Morgan fingerprint density at radius 3 is 2.42 bits per heavy atom. The van der Waals surface area contributed by atoms with Crippen LogP contribution in [0, 0.1) is 12.8 Å². The summed E-state index contributed by atoms with van der Waals surface area (Å²) in [6, 6.07) is 22.6. The molecule has 45 heavy (non-hydrogen) atoms. The fraction of sp³-hybridized carbons (Fsp3) is 0.389. The van der Waals surface area contributed by atoms with Crippen molar-refractivity contribution in [2.24, 2.45) is 5.92 Å². The minimum atomic E-state index is -2.37. The first kappa shape index (κ1) is 31.2. The first-order chi connectivity index (χ1) is 21.8. The molecule has 2 aliphatic rings. The van der Waals surface area contributed by atoms with Crippen LogP contribution in [0.5, 0.6) is 11.5 Å². The molecule has 4 aromatic rings. The fourth-order valence-electron chi connectivity index (χ4n) is 6.26. The highest BCUT2D eigenvalue weighted by Gasteiger charge is 2.25. The third-order valence-corrected chi connectivity index (χ3v) is 10.7. The van der Waals surface area contributed by atoms with Crippen molar-refractivity contribution in [3.8, 4) is 22.6 Å². The van der Waals surface area contributed by atoms with Crippen LogP contribution in [-0.4, -0.2) is 45.5 Å². The van der Waals surface area contributed by atoms with Gasteiger partial charge in [-0.3, -0.25) is 13.9 Å². The number of carbonyl (C=O) groups excluding carboxylic acids is 1. The van der Waals surface area contributed by atoms with Crippen LogP contribution in [0.1, 0.15) is 65.3 Å². The van der Waals surface area contributed by atoms with Crippen LogP contribution in [0.2, 0.25) is 0 Å². The molecule has 238 valence electrons. The topological polar surface area (TPSA) is 111 Å². The summed E-state index contributed by atoms with van der Waals surface area (Å²) in [6.07, 6.45) is 4.86. The fourth-order valence-corrected chi connectivity index (χ4v) is 7.89. The number of ether oxygens (including phenoxy) is 3. The van der Waals surface area contributed by atoms with Crippen molar-refractivity contribution in [1.82, 2.24) is 5.16 Å². The molecule has 1 aromatic heterocycles. The molecule has 2 heterocycles. The minimum Gasteiger partial charge on any atom is -0.493 e. The average molecular weight is 632 g/mol. The van der Waals surface area contributed by atoms with Gasteiger partial charge in [0.05, 0.1) is 31.7 Å². The number of benzene rings is 3. The second kappa shape index (κ2) is 13.7. The van der Waals surface area contributed by atoms with Crippen LogP contribution in [0.15, 0.2) is 71.3 Å². The highest BCUT2D eigenvalue weighted by Crippen LogP contribution is 2.46. The van der Waals surface area contributed by atoms with E-state index in [-0.39, 0.29) is 18.3 Å². The maximum atomic E-state index is 12.1. The molecule has 1 atom stereocenters. The second-order valence-corrected chi connectivity index (χ2v) is 14.6. The van der Waals surface area contributed by atoms with Crippen molar-refractivity contribution in [3.05, 3.63) is 100 Å². The molecular formula is C36H41NO7S. The average Bonchev–Trinajstić information content (AvgIpc) is 3.39. The summed E-state index contributed by atoms with van der Waals surface area (Å²) >= 11 is 0. The quantitative estimate of drug-likeness (QED) is 0.170. The monoisotopic (exact) mass is 631 g/mol. The van der Waals surface area contributed by atoms with E-state index in [1.807, 2.05) is 37.3 Å². The maximum absolute atomic E-state index is 12.1. The number of methoxy groups -OCH3 is 1. The summed E-state index contributed by atoms with van der Waals surface area (Å²) < 4.78 is 42.6. The molecule has 0 bridgehead atoms. The first-order valence-corrected chi connectivity index (χ1v) is 17.5. The van der Waals surface area contributed by atoms with Gasteiger partial charge in [0.25, 0.3) is 0 Å². The maximum Gasteiger partial charge on any atom is 0.306 e. The van der Waals surface area contributed by atoms with Crippen molar-refractivity contribution >= 4 is 16.6 Å². The zero-order valence-electron chi connectivity index (χ0n) is 25.9. The summed E-state index contributed by atoms with van der Waals surface area (Å²) in [6.45, 7) is 2.90. The highest BCUT2D eigenvalue weighted by molar-refractivity contribution is 8.24. The van der Waals surface area contributed by atoms with Gasteiger partial charge in [-0.25, -0.2) is 0 Å². The van der Waals surface area contributed by atoms with E-state index < -0.39 is 10.6 Å². The predicted molar refractivity (Wildman–Crippen MR) is 175 cm³/mol. The van der Waals surface area contributed by atoms with E-state index in [0.29, 0.717) is 36.4 Å². The van der Waals surface area contributed by atoms with Gasteiger partial charge < -0.3 is 18.7 Å². The minimum absolute atomic E-state index is 0.159. The van der Waals surface area contributed by atoms with Gasteiger partial charge in [0.15, 0.2) is 0 Å². The number of hydrogen-bond donors (Lipinski definition) is 2. The molecule has 1 aliphatic carbocycles. The molecule has 6 rings (SSSR count). The number of rotatable bonds is 10. The lowest BCUT2D eigenvalue weighted by atomic mass is 9.93. The molecule has 1 unspecified atom stereocenters. The van der Waals surface area contributed by atoms with E-state index in [9.17, 15) is 13.9 Å². The lowest BCUT2D eigenvalue weighted by Gasteiger charge is -2.39. The van der Waals surface area contributed by atoms with E-state index in [1.165, 1.54) is 29.4 Å². The number of hydrogen-bond acceptors (Lipinski definition) is 8. The van der Waals surface area contributed by atoms with Crippen LogP contribution in [0.4, 0.5) is 0 Å². The number of nitrogens with zero attached hydrogens (tertiary/aromatic N) is 1. The normalized spacial score (nSPS) is 17.3. The van der Waals surface area contributed by atoms with Crippen LogP contribution in [0.3, 0.4) is 0 Å². The standard InChI is InChI=1S/C36H41NO7S/c1-24-18-35(44-37-24)34(21-36(38)41-2)28-8-10-30(11-9-28)42-23-26-6-7-27-4-3-5-29-20-31(12-13-32(29)33(27)19-26)43-22-25-14-16-45(39,40)17-15-25/h6-13,18-20,25,34,39-40H,3-5,14-17,21-23H2,1-2H3. The van der Waals surface area contributed by atoms with Crippen molar-refractivity contribution in [1.29, 1.82) is 0 Å². The zero-order chi connectivity index (χ0) is 31.4. The van der Waals surface area contributed by atoms with Crippen molar-refractivity contribution in [2.45, 2.75) is 58.0 Å². The Bertz CT molecular complexity index is 1620. The Hall–Kier alpha value is -3.79. The molecule has 1 aliphatic heterocycles. The van der Waals surface area contributed by atoms with E-state index in [2.05, 4.69) is 41.6 Å². The third-order valence-electron chi connectivity index (χ3n) is 8.90. The largest absolute Gasteiger partial charge is 0.493 e. The van der Waals surface area contributed by atoms with Crippen molar-refractivity contribution < 1.29 is 32.6 Å². The Balaban J connectivity index is 1.12. The van der Waals surface area contributed by atoms with Gasteiger partial charge >= 0.3 is 5.97 Å². The molecule has 0 spiro atoms. The Morgan fingerprint density at radius 2 is 1.69 bits per heavy atom. The molecule has 3 aromatic carbocycles. The summed E-state index contributed by atoms with van der Waals surface area (Å²) in [5.41, 5.74) is 7.90. The van der Waals surface area contributed by atoms with Crippen molar-refractivity contribution in [2.75, 3.05) is 25.2 Å². The lowest BCUT2D eigenvalue weighted by Crippen LogP contribution is -2.24. The smallest absolute Gasteiger partial charge is 0.306 e. The van der Waals surface area contributed by atoms with E-state index in [0.717, 1.165) is 60.4 Å². The Labute approximate surface area is 266 Å². The number of carbonyl (C=O) groups is 1. The predicted octanol–water partition coefficient (Wildman–Crippen LogP) is 7.95. The van der Waals surface area contributed by atoms with Gasteiger partial charge in [0, 0.05) is 17.6 Å². The van der Waals surface area contributed by atoms with Gasteiger partial charge in [-0.2, -0.15) is 10.6 Å². The van der Waals surface area contributed by atoms with Gasteiger partial charge in [-0.1, -0.05) is 35.5 Å². The van der Waals surface area contributed by atoms with Crippen LogP contribution in [0.25, 0.3) is 11.1 Å². The van der Waals surface area contributed by atoms with E-state index >= 15 is 0 Å². The second-order valence-electron chi connectivity index (χ2n) is 12.2. The van der Waals surface area contributed by atoms with Gasteiger partial charge in [-0.15, -0.1) is 0 Å². The molecule has 2 N–H and O–H groups in total. The molecule has 8 nitrogen and oxygen atoms in total. The van der Waals surface area contributed by atoms with Gasteiger partial charge in [-0.05, 0) is 109 Å². The molecular weight excluding hydrogens is 590 g/mol. The molecule has 1 fully saturated rings. The lowest BCUT2D eigenvalue weighted by molar-refractivity contribution is -0.140. The molecule has 0 amide bonds. The van der Waals surface area contributed by atoms with Crippen molar-refractivity contribution in [3.63, 3.8) is 0 Å². The molecule has 9 heteroatoms. The Kier molecular flexibility index (Phi) is 9.49. The summed E-state index contributed by atoms with van der Waals surface area (Å²) in [5.74, 6) is 2.98. The Morgan fingerprint density at radius 1 is 0.933 bits per heavy atom. The molecule has 0 radical (unpaired) electrons. The van der Waals surface area contributed by atoms with Gasteiger partial charge in [0.1, 0.15) is 23.9 Å². The van der Waals surface area contributed by atoms with E-state index in [4.69, 9.17) is 18.7 Å². The first-order valence-electron chi connectivity index (χ1n) is 15.6. The molecule has 0 saturated carbocycles. The van der Waals surface area contributed by atoms with E-state index in [1.54, 1.807) is 0 Å². The van der Waals surface area contributed by atoms with Crippen LogP contribution in [-0.2, 0) is 29.0 Å². The van der Waals surface area contributed by atoms with Crippen LogP contribution < -0.4 is 9.47 Å². The highest BCUT2D eigenvalue weighted by atomic mass is 32.3. The number of fused-ring (bicyclic) bond motifs is 3. The number of aryl methyl sites for hydroxylation is 3.